The van der Waals surface area contributed by atoms with Crippen LogP contribution in [-0.4, -0.2) is 75.0 Å². The van der Waals surface area contributed by atoms with E-state index in [1.54, 1.807) is 6.07 Å². The van der Waals surface area contributed by atoms with Crippen molar-refractivity contribution >= 4 is 27.5 Å². The Morgan fingerprint density at radius 1 is 1.13 bits per heavy atom. The molecule has 1 amide bonds. The van der Waals surface area contributed by atoms with Gasteiger partial charge >= 0.3 is 0 Å². The number of nitrogens with one attached hydrogen (secondary N) is 1. The second kappa shape index (κ2) is 11.1. The number of likely N-dealkylation sites (tertiary alicyclic amines) is 1. The molecule has 1 aromatic carbocycles. The van der Waals surface area contributed by atoms with E-state index in [9.17, 15) is 13.2 Å². The number of nitrogens with zero attached hydrogens (tertiary/aromatic N) is 2. The number of rotatable bonds is 7. The number of sulfonamides is 1. The van der Waals surface area contributed by atoms with Crippen LogP contribution >= 0.6 is 11.6 Å². The third-order valence-corrected chi connectivity index (χ3v) is 8.15. The van der Waals surface area contributed by atoms with Crippen molar-refractivity contribution in [1.29, 1.82) is 0 Å². The molecular weight excluding hydrogens is 438 g/mol. The lowest BCUT2D eigenvalue weighted by Gasteiger charge is -2.34. The minimum Gasteiger partial charge on any atom is -0.373 e. The molecule has 0 saturated carbocycles. The molecule has 31 heavy (non-hydrogen) atoms. The number of halogens is 1. The molecule has 2 heterocycles. The molecule has 1 N–H and O–H groups in total. The summed E-state index contributed by atoms with van der Waals surface area (Å²) in [5.74, 6) is -0.285. The van der Waals surface area contributed by atoms with Crippen LogP contribution in [0.25, 0.3) is 0 Å². The largest absolute Gasteiger partial charge is 0.373 e. The number of hydrogen-bond donors (Lipinski definition) is 1. The maximum Gasteiger partial charge on any atom is 0.251 e. The number of benzene rings is 1. The summed E-state index contributed by atoms with van der Waals surface area (Å²) in [5, 5.41) is 3.02. The monoisotopic (exact) mass is 471 g/mol. The third kappa shape index (κ3) is 6.65. The molecule has 0 aliphatic carbocycles. The lowest BCUT2D eigenvalue weighted by atomic mass is 10.2. The molecule has 0 radical (unpaired) electrons. The van der Waals surface area contributed by atoms with E-state index in [2.05, 4.69) is 10.2 Å². The van der Waals surface area contributed by atoms with E-state index in [1.165, 1.54) is 42.1 Å². The van der Waals surface area contributed by atoms with Gasteiger partial charge in [0.25, 0.3) is 5.91 Å². The molecule has 0 aromatic heterocycles. The first-order chi connectivity index (χ1) is 14.8. The third-order valence-electron chi connectivity index (χ3n) is 5.83. The van der Waals surface area contributed by atoms with E-state index in [0.29, 0.717) is 12.1 Å². The zero-order chi connectivity index (χ0) is 22.4. The Morgan fingerprint density at radius 2 is 1.77 bits per heavy atom. The summed E-state index contributed by atoms with van der Waals surface area (Å²) < 4.78 is 33.4. The predicted molar refractivity (Wildman–Crippen MR) is 122 cm³/mol. The molecule has 2 atom stereocenters. The van der Waals surface area contributed by atoms with Crippen molar-refractivity contribution in [3.8, 4) is 0 Å². The van der Waals surface area contributed by atoms with Crippen molar-refractivity contribution in [3.63, 3.8) is 0 Å². The fourth-order valence-electron chi connectivity index (χ4n) is 4.27. The highest BCUT2D eigenvalue weighted by Crippen LogP contribution is 2.28. The Kier molecular flexibility index (Phi) is 8.75. The quantitative estimate of drug-likeness (QED) is 0.618. The van der Waals surface area contributed by atoms with Crippen LogP contribution in [0.15, 0.2) is 23.1 Å². The first-order valence-corrected chi connectivity index (χ1v) is 13.0. The first-order valence-electron chi connectivity index (χ1n) is 11.2. The van der Waals surface area contributed by atoms with Gasteiger partial charge in [0.05, 0.1) is 17.2 Å². The molecule has 2 unspecified atom stereocenters. The van der Waals surface area contributed by atoms with E-state index in [4.69, 9.17) is 16.3 Å². The normalized spacial score (nSPS) is 24.0. The zero-order valence-electron chi connectivity index (χ0n) is 18.5. The van der Waals surface area contributed by atoms with Crippen LogP contribution in [0, 0.1) is 0 Å². The van der Waals surface area contributed by atoms with Gasteiger partial charge in [0.1, 0.15) is 4.90 Å². The second-order valence-electron chi connectivity index (χ2n) is 8.59. The zero-order valence-corrected chi connectivity index (χ0v) is 20.1. The average molecular weight is 472 g/mol. The minimum atomic E-state index is -3.82. The topological polar surface area (TPSA) is 79.0 Å². The minimum absolute atomic E-state index is 0.0346. The second-order valence-corrected chi connectivity index (χ2v) is 10.9. The molecule has 2 fully saturated rings. The Labute approximate surface area is 191 Å². The molecule has 2 aliphatic heterocycles. The number of morpholine rings is 1. The maximum atomic E-state index is 13.2. The smallest absolute Gasteiger partial charge is 0.251 e. The summed E-state index contributed by atoms with van der Waals surface area (Å²) in [4.78, 5) is 15.0. The van der Waals surface area contributed by atoms with E-state index >= 15 is 0 Å². The van der Waals surface area contributed by atoms with Gasteiger partial charge in [-0.15, -0.1) is 0 Å². The maximum absolute atomic E-state index is 13.2. The molecule has 3 rings (SSSR count). The van der Waals surface area contributed by atoms with Crippen LogP contribution in [0.4, 0.5) is 0 Å². The van der Waals surface area contributed by atoms with Crippen LogP contribution in [-0.2, 0) is 14.8 Å². The summed E-state index contributed by atoms with van der Waals surface area (Å²) >= 11 is 6.23. The molecule has 174 valence electrons. The van der Waals surface area contributed by atoms with Gasteiger partial charge in [-0.3, -0.25) is 4.79 Å². The van der Waals surface area contributed by atoms with Crippen molar-refractivity contribution in [2.45, 2.75) is 63.1 Å². The number of ether oxygens (including phenoxy) is 1. The van der Waals surface area contributed by atoms with Crippen molar-refractivity contribution in [2.75, 3.05) is 39.3 Å². The van der Waals surface area contributed by atoms with Gasteiger partial charge in [0.2, 0.25) is 10.0 Å². The van der Waals surface area contributed by atoms with Crippen LogP contribution in [0.1, 0.15) is 56.3 Å². The number of carbonyl (C=O) groups excluding carboxylic acids is 1. The lowest BCUT2D eigenvalue weighted by Crippen LogP contribution is -2.48. The van der Waals surface area contributed by atoms with Gasteiger partial charge in [-0.1, -0.05) is 24.4 Å². The summed E-state index contributed by atoms with van der Waals surface area (Å²) in [6.45, 7) is 7.99. The molecule has 2 aliphatic rings. The molecule has 9 heteroatoms. The van der Waals surface area contributed by atoms with E-state index < -0.39 is 10.0 Å². The summed E-state index contributed by atoms with van der Waals surface area (Å²) in [6.07, 6.45) is 5.56. The Balaban J connectivity index is 1.61. The van der Waals surface area contributed by atoms with Gasteiger partial charge in [-0.05, 0) is 70.9 Å². The van der Waals surface area contributed by atoms with Crippen molar-refractivity contribution in [3.05, 3.63) is 28.8 Å². The van der Waals surface area contributed by atoms with Gasteiger partial charge < -0.3 is 15.0 Å². The predicted octanol–water partition coefficient (Wildman–Crippen LogP) is 3.13. The van der Waals surface area contributed by atoms with Gasteiger partial charge in [-0.25, -0.2) is 8.42 Å². The summed E-state index contributed by atoms with van der Waals surface area (Å²) in [7, 11) is -3.82. The van der Waals surface area contributed by atoms with Crippen LogP contribution in [0.5, 0.6) is 0 Å². The van der Waals surface area contributed by atoms with Crippen molar-refractivity contribution in [1.82, 2.24) is 14.5 Å². The van der Waals surface area contributed by atoms with E-state index in [-0.39, 0.29) is 41.1 Å². The SMILES string of the molecule is CC1CN(S(=O)(=O)c2cc(C(=O)NCCCN3CCCCCC3)ccc2Cl)CC(C)O1. The summed E-state index contributed by atoms with van der Waals surface area (Å²) in [5.41, 5.74) is 0.298. The van der Waals surface area contributed by atoms with Crippen molar-refractivity contribution in [2.24, 2.45) is 0 Å². The fraction of sp³-hybridized carbons (Fsp3) is 0.682. The van der Waals surface area contributed by atoms with Crippen molar-refractivity contribution < 1.29 is 17.9 Å². The van der Waals surface area contributed by atoms with Crippen LogP contribution < -0.4 is 5.32 Å². The highest BCUT2D eigenvalue weighted by molar-refractivity contribution is 7.89. The van der Waals surface area contributed by atoms with E-state index in [1.807, 2.05) is 13.8 Å². The van der Waals surface area contributed by atoms with Crippen LogP contribution in [0.3, 0.4) is 0 Å². The molecule has 1 aromatic rings. The van der Waals surface area contributed by atoms with Gasteiger partial charge in [0.15, 0.2) is 0 Å². The first kappa shape index (κ1) is 24.5. The average Bonchev–Trinajstić information content (AvgIpc) is 2.99. The highest BCUT2D eigenvalue weighted by Gasteiger charge is 2.33. The summed E-state index contributed by atoms with van der Waals surface area (Å²) in [6, 6.07) is 4.43. The fourth-order valence-corrected chi connectivity index (χ4v) is 6.37. The Hall–Kier alpha value is -1.19. The van der Waals surface area contributed by atoms with E-state index in [0.717, 1.165) is 26.1 Å². The Bertz CT molecular complexity index is 846. The molecular formula is C22H34ClN3O4S. The highest BCUT2D eigenvalue weighted by atomic mass is 35.5. The van der Waals surface area contributed by atoms with Crippen LogP contribution in [0.2, 0.25) is 5.02 Å². The molecule has 2 saturated heterocycles. The van der Waals surface area contributed by atoms with Gasteiger partial charge in [-0.2, -0.15) is 4.31 Å². The lowest BCUT2D eigenvalue weighted by molar-refractivity contribution is -0.0440. The molecule has 0 spiro atoms. The standard InChI is InChI=1S/C22H34ClN3O4S/c1-17-15-26(16-18(2)30-17)31(28,29)21-14-19(8-9-20(21)23)22(27)24-10-7-13-25-11-5-3-4-6-12-25/h8-9,14,17-18H,3-7,10-13,15-16H2,1-2H3,(H,24,27). The number of carbonyl (C=O) groups is 1. The van der Waals surface area contributed by atoms with Gasteiger partial charge in [0, 0.05) is 25.2 Å². The molecule has 7 nitrogen and oxygen atoms in total. The number of hydrogen-bond acceptors (Lipinski definition) is 5. The number of amides is 1. The molecule has 0 bridgehead atoms. The Morgan fingerprint density at radius 3 is 2.42 bits per heavy atom.